The van der Waals surface area contributed by atoms with Crippen LogP contribution in [0.2, 0.25) is 0 Å². The Balaban J connectivity index is 1.90. The summed E-state index contributed by atoms with van der Waals surface area (Å²) in [5.41, 5.74) is 3.44. The van der Waals surface area contributed by atoms with Crippen molar-refractivity contribution in [1.82, 2.24) is 10.5 Å². The first-order chi connectivity index (χ1) is 7.38. The number of nitrogens with zero attached hydrogens (tertiary/aromatic N) is 2. The molecule has 1 aliphatic heterocycles. The van der Waals surface area contributed by atoms with Crippen LogP contribution in [0.1, 0.15) is 31.4 Å². The van der Waals surface area contributed by atoms with E-state index in [0.717, 1.165) is 24.4 Å². The molecule has 1 aliphatic carbocycles. The number of hydrogen-bond acceptors (Lipinski definition) is 4. The SMILES string of the molecule is c1ccc(C2=NC3(CCCC3)ON2)nc1. The second-order valence-electron chi connectivity index (χ2n) is 4.03. The number of rotatable bonds is 1. The Bertz CT molecular complexity index is 382. The minimum Gasteiger partial charge on any atom is -0.253 e. The molecule has 2 aliphatic rings. The van der Waals surface area contributed by atoms with Gasteiger partial charge in [0.2, 0.25) is 0 Å². The van der Waals surface area contributed by atoms with E-state index in [1.807, 2.05) is 18.2 Å². The molecular formula is C11H13N3O. The Labute approximate surface area is 88.3 Å². The van der Waals surface area contributed by atoms with Crippen LogP contribution in [0.15, 0.2) is 29.4 Å². The van der Waals surface area contributed by atoms with Crippen LogP contribution in [-0.2, 0) is 4.84 Å². The van der Waals surface area contributed by atoms with Crippen LogP contribution >= 0.6 is 0 Å². The van der Waals surface area contributed by atoms with E-state index in [-0.39, 0.29) is 5.72 Å². The van der Waals surface area contributed by atoms with Gasteiger partial charge in [-0.25, -0.2) is 15.3 Å². The summed E-state index contributed by atoms with van der Waals surface area (Å²) in [6.07, 6.45) is 6.17. The third-order valence-electron chi connectivity index (χ3n) is 2.95. The molecule has 3 rings (SSSR count). The molecule has 1 aromatic heterocycles. The smallest absolute Gasteiger partial charge is 0.187 e. The predicted molar refractivity (Wildman–Crippen MR) is 56.2 cm³/mol. The van der Waals surface area contributed by atoms with E-state index in [9.17, 15) is 0 Å². The minimum absolute atomic E-state index is 0.299. The number of amidine groups is 1. The number of hydrogen-bond donors (Lipinski definition) is 1. The average molecular weight is 203 g/mol. The second kappa shape index (κ2) is 3.31. The molecule has 0 unspecified atom stereocenters. The Kier molecular flexibility index (Phi) is 1.95. The number of nitrogens with one attached hydrogen (secondary N) is 1. The molecule has 0 aromatic carbocycles. The molecule has 78 valence electrons. The molecule has 1 aromatic rings. The van der Waals surface area contributed by atoms with Crippen molar-refractivity contribution in [2.75, 3.05) is 0 Å². The van der Waals surface area contributed by atoms with Crippen LogP contribution in [0.3, 0.4) is 0 Å². The van der Waals surface area contributed by atoms with Gasteiger partial charge in [0.05, 0.1) is 0 Å². The molecule has 0 amide bonds. The lowest BCUT2D eigenvalue weighted by Gasteiger charge is -2.15. The molecule has 0 atom stereocenters. The van der Waals surface area contributed by atoms with Gasteiger partial charge in [0.15, 0.2) is 11.6 Å². The number of hydroxylamine groups is 1. The summed E-state index contributed by atoms with van der Waals surface area (Å²) in [4.78, 5) is 14.4. The number of aromatic nitrogens is 1. The first-order valence-electron chi connectivity index (χ1n) is 5.33. The molecule has 2 heterocycles. The Morgan fingerprint density at radius 3 is 2.87 bits per heavy atom. The van der Waals surface area contributed by atoms with Crippen molar-refractivity contribution in [3.05, 3.63) is 30.1 Å². The van der Waals surface area contributed by atoms with Crippen LogP contribution in [0.5, 0.6) is 0 Å². The lowest BCUT2D eigenvalue weighted by Crippen LogP contribution is -2.26. The monoisotopic (exact) mass is 203 g/mol. The number of pyridine rings is 1. The summed E-state index contributed by atoms with van der Waals surface area (Å²) < 4.78 is 0. The van der Waals surface area contributed by atoms with Crippen molar-refractivity contribution in [3.8, 4) is 0 Å². The zero-order chi connectivity index (χ0) is 10.1. The van der Waals surface area contributed by atoms with Crippen molar-refractivity contribution < 1.29 is 4.84 Å². The van der Waals surface area contributed by atoms with Gasteiger partial charge in [-0.15, -0.1) is 0 Å². The maximum Gasteiger partial charge on any atom is 0.187 e. The van der Waals surface area contributed by atoms with Gasteiger partial charge < -0.3 is 0 Å². The molecule has 15 heavy (non-hydrogen) atoms. The Hall–Kier alpha value is -1.42. The fourth-order valence-electron chi connectivity index (χ4n) is 2.15. The van der Waals surface area contributed by atoms with Crippen LogP contribution < -0.4 is 5.48 Å². The Morgan fingerprint density at radius 2 is 2.13 bits per heavy atom. The maximum absolute atomic E-state index is 5.57. The first-order valence-corrected chi connectivity index (χ1v) is 5.33. The van der Waals surface area contributed by atoms with E-state index in [0.29, 0.717) is 0 Å². The van der Waals surface area contributed by atoms with Crippen LogP contribution in [-0.4, -0.2) is 16.5 Å². The van der Waals surface area contributed by atoms with Crippen molar-refractivity contribution in [3.63, 3.8) is 0 Å². The highest BCUT2D eigenvalue weighted by Crippen LogP contribution is 2.36. The van der Waals surface area contributed by atoms with Gasteiger partial charge in [-0.05, 0) is 37.8 Å². The fourth-order valence-corrected chi connectivity index (χ4v) is 2.15. The molecule has 1 fully saturated rings. The van der Waals surface area contributed by atoms with E-state index in [1.165, 1.54) is 12.8 Å². The van der Waals surface area contributed by atoms with Gasteiger partial charge in [-0.1, -0.05) is 6.07 Å². The quantitative estimate of drug-likeness (QED) is 0.754. The molecule has 4 nitrogen and oxygen atoms in total. The summed E-state index contributed by atoms with van der Waals surface area (Å²) in [6.45, 7) is 0. The topological polar surface area (TPSA) is 46.5 Å². The first kappa shape index (κ1) is 8.85. The van der Waals surface area contributed by atoms with Gasteiger partial charge >= 0.3 is 0 Å². The highest BCUT2D eigenvalue weighted by atomic mass is 16.7. The van der Waals surface area contributed by atoms with Crippen LogP contribution in [0.25, 0.3) is 0 Å². The summed E-state index contributed by atoms with van der Waals surface area (Å²) in [6, 6.07) is 5.78. The molecule has 4 heteroatoms. The zero-order valence-electron chi connectivity index (χ0n) is 8.44. The average Bonchev–Trinajstić information content (AvgIpc) is 2.91. The lowest BCUT2D eigenvalue weighted by molar-refractivity contribution is -0.0488. The predicted octanol–water partition coefficient (Wildman–Crippen LogP) is 1.63. The largest absolute Gasteiger partial charge is 0.253 e. The standard InChI is InChI=1S/C11H13N3O/c1-4-8-12-9(5-1)10-13-11(15-14-10)6-2-3-7-11/h1,4-5,8H,2-3,6-7H2,(H,13,14). The van der Waals surface area contributed by atoms with E-state index in [2.05, 4.69) is 15.5 Å². The van der Waals surface area contributed by atoms with E-state index in [4.69, 9.17) is 4.84 Å². The van der Waals surface area contributed by atoms with Crippen LogP contribution in [0.4, 0.5) is 0 Å². The van der Waals surface area contributed by atoms with E-state index in [1.54, 1.807) is 6.20 Å². The molecule has 0 saturated heterocycles. The third-order valence-corrected chi connectivity index (χ3v) is 2.95. The molecular weight excluding hydrogens is 190 g/mol. The highest BCUT2D eigenvalue weighted by molar-refractivity contribution is 5.97. The molecule has 0 bridgehead atoms. The van der Waals surface area contributed by atoms with Gasteiger partial charge in [-0.3, -0.25) is 4.98 Å². The summed E-state index contributed by atoms with van der Waals surface area (Å²) in [5.74, 6) is 0.762. The van der Waals surface area contributed by atoms with Gasteiger partial charge in [-0.2, -0.15) is 0 Å². The fraction of sp³-hybridized carbons (Fsp3) is 0.455. The normalized spacial score (nSPS) is 22.8. The van der Waals surface area contributed by atoms with Crippen molar-refractivity contribution in [2.24, 2.45) is 4.99 Å². The highest BCUT2D eigenvalue weighted by Gasteiger charge is 2.40. The van der Waals surface area contributed by atoms with Gasteiger partial charge in [0.1, 0.15) is 5.69 Å². The minimum atomic E-state index is -0.299. The Morgan fingerprint density at radius 1 is 1.27 bits per heavy atom. The van der Waals surface area contributed by atoms with Crippen molar-refractivity contribution >= 4 is 5.84 Å². The number of aliphatic imine (C=N–C) groups is 1. The van der Waals surface area contributed by atoms with Crippen molar-refractivity contribution in [2.45, 2.75) is 31.4 Å². The molecule has 1 saturated carbocycles. The van der Waals surface area contributed by atoms with Gasteiger partial charge in [0, 0.05) is 6.20 Å². The van der Waals surface area contributed by atoms with E-state index < -0.39 is 0 Å². The molecule has 0 radical (unpaired) electrons. The molecule has 1 spiro atoms. The second-order valence-corrected chi connectivity index (χ2v) is 4.03. The summed E-state index contributed by atoms with van der Waals surface area (Å²) in [7, 11) is 0. The van der Waals surface area contributed by atoms with Crippen molar-refractivity contribution in [1.29, 1.82) is 0 Å². The zero-order valence-corrected chi connectivity index (χ0v) is 8.44. The van der Waals surface area contributed by atoms with E-state index >= 15 is 0 Å². The maximum atomic E-state index is 5.57. The summed E-state index contributed by atoms with van der Waals surface area (Å²) in [5, 5.41) is 0. The summed E-state index contributed by atoms with van der Waals surface area (Å²) >= 11 is 0. The van der Waals surface area contributed by atoms with Gasteiger partial charge in [0.25, 0.3) is 0 Å². The lowest BCUT2D eigenvalue weighted by atomic mass is 10.2. The third kappa shape index (κ3) is 1.51. The molecule has 1 N–H and O–H groups in total. The van der Waals surface area contributed by atoms with Crippen LogP contribution in [0, 0.1) is 0 Å².